The van der Waals surface area contributed by atoms with Gasteiger partial charge in [-0.25, -0.2) is 18.2 Å². The average molecular weight is 575 g/mol. The van der Waals surface area contributed by atoms with Gasteiger partial charge in [0.2, 0.25) is 16.0 Å². The minimum atomic E-state index is -5.38. The summed E-state index contributed by atoms with van der Waals surface area (Å²) in [5.41, 5.74) is 8.02. The molecular formula is C25H21F3N6O5S. The highest BCUT2D eigenvalue weighted by atomic mass is 32.2. The number of ether oxygens (including phenoxy) is 1. The number of nitrogens with one attached hydrogen (secondary N) is 1. The normalized spacial score (nSPS) is 11.7. The molecule has 0 saturated heterocycles. The lowest BCUT2D eigenvalue weighted by molar-refractivity contribution is -0.223. The van der Waals surface area contributed by atoms with Gasteiger partial charge in [0, 0.05) is 29.6 Å². The Morgan fingerprint density at radius 3 is 2.35 bits per heavy atom. The number of aromatic nitrogens is 3. The van der Waals surface area contributed by atoms with E-state index in [-0.39, 0.29) is 21.9 Å². The molecule has 40 heavy (non-hydrogen) atoms. The fraction of sp³-hybridized carbons (Fsp3) is 0.120. The van der Waals surface area contributed by atoms with E-state index in [1.807, 2.05) is 30.3 Å². The SMILES string of the molecule is CS(=O)(=O)N(Cc1cc(Oc2ccc(Nc3cc(-c4ccccc4)nc(N)n3)cc2)ccn1)OC(=O)C(F)(F)F. The van der Waals surface area contributed by atoms with Gasteiger partial charge in [0.25, 0.3) is 0 Å². The molecule has 2 heterocycles. The summed E-state index contributed by atoms with van der Waals surface area (Å²) in [7, 11) is -4.36. The molecule has 0 aliphatic carbocycles. The Kier molecular flexibility index (Phi) is 8.16. The third-order valence-electron chi connectivity index (χ3n) is 5.04. The summed E-state index contributed by atoms with van der Waals surface area (Å²) in [6, 6.07) is 20.6. The number of carbonyl (C=O) groups is 1. The van der Waals surface area contributed by atoms with Crippen molar-refractivity contribution in [3.63, 3.8) is 0 Å². The molecule has 0 saturated carbocycles. The van der Waals surface area contributed by atoms with E-state index in [1.54, 1.807) is 30.3 Å². The molecule has 4 aromatic rings. The van der Waals surface area contributed by atoms with Crippen molar-refractivity contribution in [2.45, 2.75) is 12.7 Å². The number of carbonyl (C=O) groups excluding carboxylic acids is 1. The number of halogens is 3. The summed E-state index contributed by atoms with van der Waals surface area (Å²) in [4.78, 5) is 27.5. The van der Waals surface area contributed by atoms with Gasteiger partial charge in [-0.05, 0) is 34.8 Å². The number of nitrogens with two attached hydrogens (primary N) is 1. The Hall–Kier alpha value is -4.76. The maximum atomic E-state index is 12.6. The number of alkyl halides is 3. The molecule has 3 N–H and O–H groups in total. The van der Waals surface area contributed by atoms with Crippen LogP contribution in [-0.2, 0) is 26.2 Å². The van der Waals surface area contributed by atoms with E-state index in [2.05, 4.69) is 25.1 Å². The van der Waals surface area contributed by atoms with Gasteiger partial charge in [-0.2, -0.15) is 18.2 Å². The Morgan fingerprint density at radius 2 is 1.70 bits per heavy atom. The first-order valence-corrected chi connectivity index (χ1v) is 13.2. The highest BCUT2D eigenvalue weighted by Gasteiger charge is 2.44. The second kappa shape index (κ2) is 11.5. The molecule has 0 bridgehead atoms. The topological polar surface area (TPSA) is 150 Å². The number of sulfonamides is 1. The van der Waals surface area contributed by atoms with Crippen LogP contribution in [0.25, 0.3) is 11.3 Å². The van der Waals surface area contributed by atoms with Gasteiger partial charge >= 0.3 is 12.1 Å². The number of hydrogen-bond acceptors (Lipinski definition) is 10. The predicted octanol–water partition coefficient (Wildman–Crippen LogP) is 4.44. The van der Waals surface area contributed by atoms with Gasteiger partial charge < -0.3 is 20.6 Å². The molecule has 0 fully saturated rings. The lowest BCUT2D eigenvalue weighted by atomic mass is 10.1. The summed E-state index contributed by atoms with van der Waals surface area (Å²) in [5, 5.41) is 3.14. The van der Waals surface area contributed by atoms with Gasteiger partial charge in [-0.1, -0.05) is 30.3 Å². The van der Waals surface area contributed by atoms with E-state index >= 15 is 0 Å². The first-order valence-electron chi connectivity index (χ1n) is 11.3. The van der Waals surface area contributed by atoms with Crippen LogP contribution in [0, 0.1) is 0 Å². The van der Waals surface area contributed by atoms with Crippen LogP contribution in [0.4, 0.5) is 30.6 Å². The van der Waals surface area contributed by atoms with Crippen molar-refractivity contribution in [1.82, 2.24) is 19.4 Å². The van der Waals surface area contributed by atoms with Gasteiger partial charge in [0.05, 0.1) is 24.2 Å². The molecule has 208 valence electrons. The molecule has 0 radical (unpaired) electrons. The van der Waals surface area contributed by atoms with Crippen molar-refractivity contribution in [2.24, 2.45) is 0 Å². The molecule has 0 atom stereocenters. The van der Waals surface area contributed by atoms with Crippen molar-refractivity contribution in [1.29, 1.82) is 0 Å². The number of nitrogens with zero attached hydrogens (tertiary/aromatic N) is 4. The summed E-state index contributed by atoms with van der Waals surface area (Å²) >= 11 is 0. The molecular weight excluding hydrogens is 553 g/mol. The molecule has 0 spiro atoms. The third kappa shape index (κ3) is 7.64. The molecule has 4 rings (SSSR count). The fourth-order valence-electron chi connectivity index (χ4n) is 3.28. The van der Waals surface area contributed by atoms with Gasteiger partial charge in [0.1, 0.15) is 17.3 Å². The van der Waals surface area contributed by atoms with Gasteiger partial charge in [-0.15, -0.1) is 0 Å². The molecule has 11 nitrogen and oxygen atoms in total. The average Bonchev–Trinajstić information content (AvgIpc) is 2.89. The summed E-state index contributed by atoms with van der Waals surface area (Å²) in [6.45, 7) is -0.770. The van der Waals surface area contributed by atoms with Crippen LogP contribution in [-0.4, -0.2) is 46.2 Å². The molecule has 0 amide bonds. The molecule has 2 aromatic heterocycles. The van der Waals surface area contributed by atoms with Crippen LogP contribution >= 0.6 is 0 Å². The van der Waals surface area contributed by atoms with Crippen molar-refractivity contribution >= 4 is 33.4 Å². The second-order valence-corrected chi connectivity index (χ2v) is 10.1. The van der Waals surface area contributed by atoms with E-state index < -0.39 is 28.7 Å². The Labute approximate surface area is 226 Å². The number of anilines is 3. The minimum absolute atomic E-state index is 0.0354. The largest absolute Gasteiger partial charge is 0.492 e. The number of benzene rings is 2. The highest BCUT2D eigenvalue weighted by molar-refractivity contribution is 7.88. The van der Waals surface area contributed by atoms with Crippen molar-refractivity contribution < 1.29 is 36.0 Å². The summed E-state index contributed by atoms with van der Waals surface area (Å²) in [6.07, 6.45) is -3.53. The number of hydrogen-bond donors (Lipinski definition) is 2. The maximum absolute atomic E-state index is 12.6. The van der Waals surface area contributed by atoms with Gasteiger partial charge in [-0.3, -0.25) is 4.98 Å². The second-order valence-electron chi connectivity index (χ2n) is 8.20. The van der Waals surface area contributed by atoms with Crippen molar-refractivity contribution in [3.05, 3.63) is 84.7 Å². The predicted molar refractivity (Wildman–Crippen MR) is 138 cm³/mol. The highest BCUT2D eigenvalue weighted by Crippen LogP contribution is 2.27. The fourth-order valence-corrected chi connectivity index (χ4v) is 3.85. The Morgan fingerprint density at radius 1 is 1.00 bits per heavy atom. The maximum Gasteiger partial charge on any atom is 0.492 e. The van der Waals surface area contributed by atoms with E-state index in [4.69, 9.17) is 10.5 Å². The molecule has 15 heteroatoms. The first-order chi connectivity index (χ1) is 18.9. The van der Waals surface area contributed by atoms with E-state index in [1.165, 1.54) is 18.3 Å². The standard InChI is InChI=1S/C25H21F3N6O5S/c1-40(36,37)34(39-23(35)25(26,27)28)15-18-13-20(11-12-30-18)38-19-9-7-17(8-10-19)31-22-14-21(32-24(29)33-22)16-5-3-2-4-6-16/h2-14H,15H2,1H3,(H3,29,31,32,33). The van der Waals surface area contributed by atoms with E-state index in [9.17, 15) is 26.4 Å². The smallest absolute Gasteiger partial charge is 0.457 e. The summed E-state index contributed by atoms with van der Waals surface area (Å²) in [5.74, 6) is -1.52. The minimum Gasteiger partial charge on any atom is -0.457 e. The van der Waals surface area contributed by atoms with Crippen molar-refractivity contribution in [2.75, 3.05) is 17.3 Å². The van der Waals surface area contributed by atoms with Crippen LogP contribution in [0.5, 0.6) is 11.5 Å². The monoisotopic (exact) mass is 574 g/mol. The van der Waals surface area contributed by atoms with Crippen LogP contribution in [0.2, 0.25) is 0 Å². The van der Waals surface area contributed by atoms with E-state index in [0.29, 0.717) is 29.2 Å². The van der Waals surface area contributed by atoms with Crippen LogP contribution in [0.15, 0.2) is 79.0 Å². The number of nitrogen functional groups attached to an aromatic ring is 1. The molecule has 2 aromatic carbocycles. The van der Waals surface area contributed by atoms with Gasteiger partial charge in [0.15, 0.2) is 0 Å². The first kappa shape index (κ1) is 28.3. The Balaban J connectivity index is 1.44. The number of pyridine rings is 1. The molecule has 0 aliphatic rings. The van der Waals surface area contributed by atoms with E-state index in [0.717, 1.165) is 5.56 Å². The van der Waals surface area contributed by atoms with Crippen molar-refractivity contribution in [3.8, 4) is 22.8 Å². The third-order valence-corrected chi connectivity index (χ3v) is 5.98. The number of hydroxylamine groups is 1. The lowest BCUT2D eigenvalue weighted by Crippen LogP contribution is -2.37. The molecule has 0 unspecified atom stereocenters. The van der Waals surface area contributed by atoms with Crippen LogP contribution in [0.1, 0.15) is 5.69 Å². The Bertz CT molecular complexity index is 1600. The zero-order valence-electron chi connectivity index (χ0n) is 20.7. The molecule has 0 aliphatic heterocycles. The lowest BCUT2D eigenvalue weighted by Gasteiger charge is -2.19. The number of rotatable bonds is 9. The summed E-state index contributed by atoms with van der Waals surface area (Å²) < 4.78 is 67.0. The zero-order chi connectivity index (χ0) is 28.9. The zero-order valence-corrected chi connectivity index (χ0v) is 21.5. The quantitative estimate of drug-likeness (QED) is 0.275. The van der Waals surface area contributed by atoms with Crippen LogP contribution in [0.3, 0.4) is 0 Å². The van der Waals surface area contributed by atoms with Crippen LogP contribution < -0.4 is 15.8 Å².